The Kier molecular flexibility index (Phi) is 7.99. The summed E-state index contributed by atoms with van der Waals surface area (Å²) in [5.41, 5.74) is 2.90. The molecule has 34 heavy (non-hydrogen) atoms. The average molecular weight is 486 g/mol. The number of halogens is 5. The quantitative estimate of drug-likeness (QED) is 0.447. The fourth-order valence-electron chi connectivity index (χ4n) is 3.22. The van der Waals surface area contributed by atoms with Gasteiger partial charge in [0, 0.05) is 18.2 Å². The highest BCUT2D eigenvalue weighted by atomic mass is 19.3. The molecule has 1 aliphatic rings. The molecule has 0 spiro atoms. The summed E-state index contributed by atoms with van der Waals surface area (Å²) in [6.07, 6.45) is -3.35. The summed E-state index contributed by atoms with van der Waals surface area (Å²) in [6.45, 7) is 0.383. The summed E-state index contributed by atoms with van der Waals surface area (Å²) >= 11 is 0. The van der Waals surface area contributed by atoms with Gasteiger partial charge in [-0.1, -0.05) is 6.07 Å². The van der Waals surface area contributed by atoms with E-state index in [-0.39, 0.29) is 43.0 Å². The van der Waals surface area contributed by atoms with Gasteiger partial charge >= 0.3 is 18.4 Å². The minimum Gasteiger partial charge on any atom is -0.377 e. The number of carbonyl (C=O) groups is 3. The van der Waals surface area contributed by atoms with Crippen LogP contribution < -0.4 is 16.2 Å². The highest BCUT2D eigenvalue weighted by molar-refractivity contribution is 5.95. The van der Waals surface area contributed by atoms with E-state index in [0.717, 1.165) is 18.2 Å². The number of hydrogen-bond donors (Lipinski definition) is 3. The highest BCUT2D eigenvalue weighted by Gasteiger charge is 2.29. The Morgan fingerprint density at radius 3 is 2.47 bits per heavy atom. The molecule has 0 radical (unpaired) electrons. The van der Waals surface area contributed by atoms with E-state index in [4.69, 9.17) is 4.74 Å². The number of morpholine rings is 1. The summed E-state index contributed by atoms with van der Waals surface area (Å²) in [4.78, 5) is 36.7. The van der Waals surface area contributed by atoms with Crippen LogP contribution in [0.15, 0.2) is 36.4 Å². The minimum absolute atomic E-state index is 0.0187. The second-order valence-electron chi connectivity index (χ2n) is 7.23. The highest BCUT2D eigenvalue weighted by Crippen LogP contribution is 2.20. The number of rotatable bonds is 5. The molecule has 1 unspecified atom stereocenters. The maximum atomic E-state index is 14.6. The van der Waals surface area contributed by atoms with E-state index < -0.39 is 47.8 Å². The monoisotopic (exact) mass is 486 g/mol. The van der Waals surface area contributed by atoms with Crippen LogP contribution in [0.5, 0.6) is 0 Å². The molecule has 1 atom stereocenters. The summed E-state index contributed by atoms with van der Waals surface area (Å²) in [7, 11) is 0. The van der Waals surface area contributed by atoms with Crippen molar-refractivity contribution in [1.29, 1.82) is 0 Å². The van der Waals surface area contributed by atoms with Crippen LogP contribution in [-0.4, -0.2) is 55.0 Å². The number of urea groups is 1. The van der Waals surface area contributed by atoms with E-state index in [1.165, 1.54) is 22.5 Å². The molecule has 2 aromatic carbocycles. The number of nitrogens with zero attached hydrogens (tertiary/aromatic N) is 1. The average Bonchev–Trinajstić information content (AvgIpc) is 2.80. The lowest BCUT2D eigenvalue weighted by atomic mass is 10.0. The van der Waals surface area contributed by atoms with Crippen molar-refractivity contribution in [2.75, 3.05) is 25.1 Å². The molecular formula is C21H19F5N4O4. The molecule has 0 aromatic heterocycles. The number of carbonyl (C=O) groups excluding carboxylic acids is 3. The number of ether oxygens (including phenoxy) is 1. The molecule has 3 N–H and O–H groups in total. The lowest BCUT2D eigenvalue weighted by molar-refractivity contribution is -0.132. The van der Waals surface area contributed by atoms with Gasteiger partial charge in [-0.2, -0.15) is 8.78 Å². The number of anilines is 1. The van der Waals surface area contributed by atoms with Crippen molar-refractivity contribution in [1.82, 2.24) is 15.8 Å². The third-order valence-corrected chi connectivity index (χ3v) is 4.93. The van der Waals surface area contributed by atoms with Crippen LogP contribution >= 0.6 is 0 Å². The molecule has 1 aliphatic heterocycles. The lowest BCUT2D eigenvalue weighted by Gasteiger charge is -2.35. The standard InChI is InChI=1S/C21H19F5N4O4/c22-13-3-4-17(16(24)9-13)27-21(33)30-5-6-34-10-14(30)7-11-1-2-12(8-15(11)23)19(31)28-29-20(32)18(25)26/h1-4,8-9,14,18H,5-7,10H2,(H,27,33)(H,28,31)(H,29,32). The Labute approximate surface area is 190 Å². The summed E-state index contributed by atoms with van der Waals surface area (Å²) < 4.78 is 71.3. The first-order chi connectivity index (χ1) is 16.2. The van der Waals surface area contributed by atoms with Gasteiger partial charge in [-0.05, 0) is 36.2 Å². The molecule has 0 aliphatic carbocycles. The molecule has 3 rings (SSSR count). The van der Waals surface area contributed by atoms with Crippen molar-refractivity contribution >= 4 is 23.5 Å². The summed E-state index contributed by atoms with van der Waals surface area (Å²) in [5.74, 6) is -5.31. The Morgan fingerprint density at radius 1 is 1.03 bits per heavy atom. The number of amides is 4. The Balaban J connectivity index is 1.67. The minimum atomic E-state index is -3.34. The van der Waals surface area contributed by atoms with Gasteiger partial charge in [0.2, 0.25) is 0 Å². The summed E-state index contributed by atoms with van der Waals surface area (Å²) in [6, 6.07) is 4.68. The van der Waals surface area contributed by atoms with Gasteiger partial charge in [0.15, 0.2) is 0 Å². The van der Waals surface area contributed by atoms with Crippen molar-refractivity contribution in [2.45, 2.75) is 18.9 Å². The van der Waals surface area contributed by atoms with E-state index in [2.05, 4.69) is 5.32 Å². The van der Waals surface area contributed by atoms with Crippen molar-refractivity contribution in [3.05, 3.63) is 65.0 Å². The van der Waals surface area contributed by atoms with Crippen LogP contribution in [-0.2, 0) is 16.0 Å². The SMILES string of the molecule is O=C(NNC(=O)C(F)F)c1ccc(CC2COCCN2C(=O)Nc2ccc(F)cc2F)c(F)c1. The Hall–Kier alpha value is -3.74. The van der Waals surface area contributed by atoms with Crippen LogP contribution in [0.25, 0.3) is 0 Å². The molecule has 0 bridgehead atoms. The third-order valence-electron chi connectivity index (χ3n) is 4.93. The van der Waals surface area contributed by atoms with Gasteiger partial charge in [0.1, 0.15) is 17.5 Å². The third kappa shape index (κ3) is 6.19. The number of hydrogen-bond acceptors (Lipinski definition) is 4. The molecule has 8 nitrogen and oxygen atoms in total. The Bertz CT molecular complexity index is 1090. The Morgan fingerprint density at radius 2 is 1.79 bits per heavy atom. The van der Waals surface area contributed by atoms with E-state index in [9.17, 15) is 36.3 Å². The topological polar surface area (TPSA) is 99.8 Å². The van der Waals surface area contributed by atoms with Gasteiger partial charge in [-0.25, -0.2) is 18.0 Å². The predicted molar refractivity (Wildman–Crippen MR) is 108 cm³/mol. The van der Waals surface area contributed by atoms with Crippen LogP contribution in [0.4, 0.5) is 32.4 Å². The van der Waals surface area contributed by atoms with E-state index in [1.54, 1.807) is 5.43 Å². The largest absolute Gasteiger partial charge is 0.377 e. The van der Waals surface area contributed by atoms with Crippen LogP contribution in [0.1, 0.15) is 15.9 Å². The number of benzene rings is 2. The maximum absolute atomic E-state index is 14.6. The lowest BCUT2D eigenvalue weighted by Crippen LogP contribution is -2.51. The first kappa shape index (κ1) is 24.9. The first-order valence-corrected chi connectivity index (χ1v) is 9.93. The predicted octanol–water partition coefficient (Wildman–Crippen LogP) is 2.61. The smallest absolute Gasteiger partial charge is 0.322 e. The van der Waals surface area contributed by atoms with Crippen LogP contribution in [0, 0.1) is 17.5 Å². The number of nitrogens with one attached hydrogen (secondary N) is 3. The second-order valence-corrected chi connectivity index (χ2v) is 7.23. The van der Waals surface area contributed by atoms with Gasteiger partial charge in [-0.15, -0.1) is 0 Å². The maximum Gasteiger partial charge on any atom is 0.322 e. The van der Waals surface area contributed by atoms with Crippen molar-refractivity contribution in [3.63, 3.8) is 0 Å². The molecule has 1 heterocycles. The normalized spacial score (nSPS) is 15.7. The van der Waals surface area contributed by atoms with E-state index in [1.807, 2.05) is 0 Å². The zero-order valence-electron chi connectivity index (χ0n) is 17.4. The van der Waals surface area contributed by atoms with Crippen molar-refractivity contribution < 1.29 is 41.1 Å². The molecular weight excluding hydrogens is 467 g/mol. The molecule has 182 valence electrons. The molecule has 1 fully saturated rings. The number of alkyl halides is 2. The zero-order chi connectivity index (χ0) is 24.8. The molecule has 1 saturated heterocycles. The van der Waals surface area contributed by atoms with Crippen molar-refractivity contribution in [3.8, 4) is 0 Å². The molecule has 2 aromatic rings. The van der Waals surface area contributed by atoms with Crippen LogP contribution in [0.3, 0.4) is 0 Å². The molecule has 4 amide bonds. The van der Waals surface area contributed by atoms with E-state index in [0.29, 0.717) is 6.07 Å². The van der Waals surface area contributed by atoms with Gasteiger partial charge in [-0.3, -0.25) is 20.4 Å². The molecule has 13 heteroatoms. The van der Waals surface area contributed by atoms with Crippen LogP contribution in [0.2, 0.25) is 0 Å². The van der Waals surface area contributed by atoms with Gasteiger partial charge < -0.3 is 15.0 Å². The second kappa shape index (κ2) is 10.9. The fraction of sp³-hybridized carbons (Fsp3) is 0.286. The number of hydrazine groups is 1. The van der Waals surface area contributed by atoms with Gasteiger partial charge in [0.05, 0.1) is 24.9 Å². The summed E-state index contributed by atoms with van der Waals surface area (Å²) in [5, 5.41) is 2.35. The van der Waals surface area contributed by atoms with Gasteiger partial charge in [0.25, 0.3) is 5.91 Å². The first-order valence-electron chi connectivity index (χ1n) is 9.93. The fourth-order valence-corrected chi connectivity index (χ4v) is 3.22. The van der Waals surface area contributed by atoms with Crippen molar-refractivity contribution in [2.24, 2.45) is 0 Å². The zero-order valence-corrected chi connectivity index (χ0v) is 17.4. The van der Waals surface area contributed by atoms with E-state index >= 15 is 0 Å². The molecule has 0 saturated carbocycles.